The van der Waals surface area contributed by atoms with Gasteiger partial charge in [-0.3, -0.25) is 4.79 Å². The molecular weight excluding hydrogens is 376 g/mol. The summed E-state index contributed by atoms with van der Waals surface area (Å²) in [4.78, 5) is 18.7. The van der Waals surface area contributed by atoms with Crippen LogP contribution in [-0.4, -0.2) is 44.7 Å². The highest BCUT2D eigenvalue weighted by molar-refractivity contribution is 7.99. The summed E-state index contributed by atoms with van der Waals surface area (Å²) in [6.07, 6.45) is 1.66. The molecule has 0 aliphatic carbocycles. The number of nitrogens with zero attached hydrogens (tertiary/aromatic N) is 4. The van der Waals surface area contributed by atoms with Gasteiger partial charge in [0.15, 0.2) is 11.5 Å². The normalized spacial score (nSPS) is 12.2. The molecule has 144 valence electrons. The molecular formula is C20H20N4O3S. The summed E-state index contributed by atoms with van der Waals surface area (Å²) in [7, 11) is 0. The number of carbonyl (C=O) groups is 1. The summed E-state index contributed by atoms with van der Waals surface area (Å²) in [6, 6.07) is 15.5. The minimum atomic E-state index is 0.0428. The average Bonchev–Trinajstić information content (AvgIpc) is 3.40. The summed E-state index contributed by atoms with van der Waals surface area (Å²) < 4.78 is 12.4. The minimum absolute atomic E-state index is 0.0428. The van der Waals surface area contributed by atoms with E-state index in [0.29, 0.717) is 18.2 Å². The maximum absolute atomic E-state index is 12.6. The highest BCUT2D eigenvalue weighted by Crippen LogP contribution is 2.32. The van der Waals surface area contributed by atoms with Gasteiger partial charge in [-0.05, 0) is 36.8 Å². The summed E-state index contributed by atoms with van der Waals surface area (Å²) >= 11 is 1.34. The topological polar surface area (TPSA) is 69.5 Å². The molecule has 1 aromatic heterocycles. The van der Waals surface area contributed by atoms with Crippen molar-refractivity contribution in [2.24, 2.45) is 0 Å². The summed E-state index contributed by atoms with van der Waals surface area (Å²) in [5.74, 6) is 1.80. The van der Waals surface area contributed by atoms with Gasteiger partial charge in [-0.25, -0.2) is 9.67 Å². The predicted molar refractivity (Wildman–Crippen MR) is 106 cm³/mol. The molecule has 0 unspecified atom stereocenters. The van der Waals surface area contributed by atoms with E-state index in [1.54, 1.807) is 15.9 Å². The number of hydrogen-bond donors (Lipinski definition) is 0. The second-order valence-electron chi connectivity index (χ2n) is 6.19. The lowest BCUT2D eigenvalue weighted by Gasteiger charge is -2.20. The van der Waals surface area contributed by atoms with E-state index in [1.807, 2.05) is 55.5 Å². The Kier molecular flexibility index (Phi) is 5.48. The van der Waals surface area contributed by atoms with Crippen molar-refractivity contribution in [3.8, 4) is 17.2 Å². The summed E-state index contributed by atoms with van der Waals surface area (Å²) in [6.45, 7) is 3.37. The predicted octanol–water partition coefficient (Wildman–Crippen LogP) is 3.14. The Hall–Kier alpha value is -3.00. The molecule has 0 N–H and O–H groups in total. The maximum Gasteiger partial charge on any atom is 0.233 e. The molecule has 0 radical (unpaired) electrons. The van der Waals surface area contributed by atoms with E-state index in [1.165, 1.54) is 11.8 Å². The van der Waals surface area contributed by atoms with Crippen LogP contribution >= 0.6 is 11.8 Å². The SMILES string of the molecule is CCN(Cc1ccc2c(c1)OCO2)C(=O)CSc1ncn(-c2ccccc2)n1. The Balaban J connectivity index is 1.35. The molecule has 2 heterocycles. The van der Waals surface area contributed by atoms with Crippen LogP contribution in [0.2, 0.25) is 0 Å². The van der Waals surface area contributed by atoms with Gasteiger partial charge in [0.25, 0.3) is 0 Å². The summed E-state index contributed by atoms with van der Waals surface area (Å²) in [5.41, 5.74) is 1.95. The van der Waals surface area contributed by atoms with Crippen molar-refractivity contribution in [1.82, 2.24) is 19.7 Å². The quantitative estimate of drug-likeness (QED) is 0.572. The standard InChI is InChI=1S/C20H20N4O3S/c1-2-23(11-15-8-9-17-18(10-15)27-14-26-17)19(25)12-28-20-21-13-24(22-20)16-6-4-3-5-7-16/h3-10,13H,2,11-12,14H2,1H3. The third kappa shape index (κ3) is 4.12. The number of ether oxygens (including phenoxy) is 2. The van der Waals surface area contributed by atoms with Gasteiger partial charge in [-0.15, -0.1) is 5.10 Å². The second kappa shape index (κ2) is 8.35. The molecule has 1 amide bonds. The Morgan fingerprint density at radius 3 is 2.82 bits per heavy atom. The molecule has 0 saturated carbocycles. The second-order valence-corrected chi connectivity index (χ2v) is 7.13. The van der Waals surface area contributed by atoms with E-state index in [0.717, 1.165) is 22.7 Å². The lowest BCUT2D eigenvalue weighted by molar-refractivity contribution is -0.128. The van der Waals surface area contributed by atoms with Crippen LogP contribution in [0.5, 0.6) is 11.5 Å². The highest BCUT2D eigenvalue weighted by atomic mass is 32.2. The van der Waals surface area contributed by atoms with Gasteiger partial charge >= 0.3 is 0 Å². The molecule has 0 fully saturated rings. The molecule has 1 aliphatic heterocycles. The number of thioether (sulfide) groups is 1. The molecule has 0 bridgehead atoms. The first-order valence-electron chi connectivity index (χ1n) is 8.99. The van der Waals surface area contributed by atoms with Crippen LogP contribution < -0.4 is 9.47 Å². The van der Waals surface area contributed by atoms with Crippen molar-refractivity contribution in [3.05, 3.63) is 60.4 Å². The molecule has 0 saturated heterocycles. The van der Waals surface area contributed by atoms with Crippen LogP contribution in [0.3, 0.4) is 0 Å². The van der Waals surface area contributed by atoms with Crippen molar-refractivity contribution >= 4 is 17.7 Å². The number of benzene rings is 2. The van der Waals surface area contributed by atoms with Gasteiger partial charge in [0, 0.05) is 13.1 Å². The molecule has 4 rings (SSSR count). The van der Waals surface area contributed by atoms with Crippen molar-refractivity contribution in [2.45, 2.75) is 18.6 Å². The number of aromatic nitrogens is 3. The fourth-order valence-electron chi connectivity index (χ4n) is 2.87. The smallest absolute Gasteiger partial charge is 0.233 e. The van der Waals surface area contributed by atoms with Gasteiger partial charge in [0.2, 0.25) is 17.9 Å². The Bertz CT molecular complexity index is 961. The van der Waals surface area contributed by atoms with Crippen molar-refractivity contribution in [1.29, 1.82) is 0 Å². The first kappa shape index (κ1) is 18.4. The number of rotatable bonds is 7. The van der Waals surface area contributed by atoms with E-state index in [9.17, 15) is 4.79 Å². The van der Waals surface area contributed by atoms with Crippen LogP contribution in [0.15, 0.2) is 60.0 Å². The number of carbonyl (C=O) groups excluding carboxylic acids is 1. The Labute approximate surface area is 167 Å². The van der Waals surface area contributed by atoms with E-state index >= 15 is 0 Å². The first-order valence-corrected chi connectivity index (χ1v) is 9.97. The van der Waals surface area contributed by atoms with Crippen LogP contribution in [0.4, 0.5) is 0 Å². The molecule has 2 aromatic carbocycles. The fraction of sp³-hybridized carbons (Fsp3) is 0.250. The van der Waals surface area contributed by atoms with E-state index in [4.69, 9.17) is 9.47 Å². The van der Waals surface area contributed by atoms with Gasteiger partial charge < -0.3 is 14.4 Å². The minimum Gasteiger partial charge on any atom is -0.454 e. The molecule has 7 nitrogen and oxygen atoms in total. The Morgan fingerprint density at radius 2 is 2.00 bits per heavy atom. The first-order chi connectivity index (χ1) is 13.7. The van der Waals surface area contributed by atoms with Crippen LogP contribution in [0.25, 0.3) is 5.69 Å². The number of fused-ring (bicyclic) bond motifs is 1. The lowest BCUT2D eigenvalue weighted by atomic mass is 10.2. The Morgan fingerprint density at radius 1 is 1.18 bits per heavy atom. The van der Waals surface area contributed by atoms with Gasteiger partial charge in [0.1, 0.15) is 6.33 Å². The molecule has 28 heavy (non-hydrogen) atoms. The monoisotopic (exact) mass is 396 g/mol. The molecule has 3 aromatic rings. The molecule has 1 aliphatic rings. The zero-order chi connectivity index (χ0) is 19.3. The maximum atomic E-state index is 12.6. The van der Waals surface area contributed by atoms with Gasteiger partial charge in [-0.2, -0.15) is 0 Å². The van der Waals surface area contributed by atoms with Gasteiger partial charge in [0.05, 0.1) is 11.4 Å². The molecule has 0 spiro atoms. The fourth-order valence-corrected chi connectivity index (χ4v) is 3.58. The third-order valence-electron chi connectivity index (χ3n) is 4.36. The largest absolute Gasteiger partial charge is 0.454 e. The molecule has 0 atom stereocenters. The third-order valence-corrected chi connectivity index (χ3v) is 5.20. The highest BCUT2D eigenvalue weighted by Gasteiger charge is 2.17. The van der Waals surface area contributed by atoms with E-state index in [-0.39, 0.29) is 18.5 Å². The molecule has 8 heteroatoms. The van der Waals surface area contributed by atoms with Gasteiger partial charge in [-0.1, -0.05) is 36.0 Å². The van der Waals surface area contributed by atoms with Crippen LogP contribution in [-0.2, 0) is 11.3 Å². The van der Waals surface area contributed by atoms with Crippen molar-refractivity contribution in [3.63, 3.8) is 0 Å². The zero-order valence-electron chi connectivity index (χ0n) is 15.4. The van der Waals surface area contributed by atoms with Crippen molar-refractivity contribution < 1.29 is 14.3 Å². The van der Waals surface area contributed by atoms with E-state index in [2.05, 4.69) is 10.1 Å². The number of amides is 1. The average molecular weight is 396 g/mol. The lowest BCUT2D eigenvalue weighted by Crippen LogP contribution is -2.31. The van der Waals surface area contributed by atoms with Crippen LogP contribution in [0.1, 0.15) is 12.5 Å². The van der Waals surface area contributed by atoms with Crippen LogP contribution in [0, 0.1) is 0 Å². The van der Waals surface area contributed by atoms with E-state index < -0.39 is 0 Å². The number of para-hydroxylation sites is 1. The zero-order valence-corrected chi connectivity index (χ0v) is 16.3. The summed E-state index contributed by atoms with van der Waals surface area (Å²) in [5, 5.41) is 5.01. The number of hydrogen-bond acceptors (Lipinski definition) is 6. The van der Waals surface area contributed by atoms with Crippen molar-refractivity contribution in [2.75, 3.05) is 19.1 Å².